The normalized spacial score (nSPS) is 10.0. The highest BCUT2D eigenvalue weighted by molar-refractivity contribution is 5.89. The van der Waals surface area contributed by atoms with Crippen LogP contribution in [0.15, 0.2) is 24.3 Å². The van der Waals surface area contributed by atoms with Crippen molar-refractivity contribution < 1.29 is 14.3 Å². The number of hydrogen-bond acceptors (Lipinski definition) is 3. The van der Waals surface area contributed by atoms with Crippen LogP contribution in [0.25, 0.3) is 0 Å². The summed E-state index contributed by atoms with van der Waals surface area (Å²) in [4.78, 5) is 22.3. The topological polar surface area (TPSA) is 43.4 Å². The monoisotopic (exact) mass is 234 g/mol. The van der Waals surface area contributed by atoms with Crippen molar-refractivity contribution in [3.8, 4) is 0 Å². The zero-order valence-electron chi connectivity index (χ0n) is 10.4. The van der Waals surface area contributed by atoms with E-state index in [4.69, 9.17) is 0 Å². The number of ketones is 1. The van der Waals surface area contributed by atoms with Crippen LogP contribution < -0.4 is 0 Å². The van der Waals surface area contributed by atoms with E-state index in [0.717, 1.165) is 18.4 Å². The molecule has 0 aromatic heterocycles. The molecule has 0 bridgehead atoms. The molecule has 92 valence electrons. The summed E-state index contributed by atoms with van der Waals surface area (Å²) in [7, 11) is 1.37. The molecular formula is C14H18O3. The van der Waals surface area contributed by atoms with E-state index in [1.807, 2.05) is 19.1 Å². The van der Waals surface area contributed by atoms with Gasteiger partial charge in [0.05, 0.1) is 12.7 Å². The van der Waals surface area contributed by atoms with Gasteiger partial charge in [0.1, 0.15) is 5.78 Å². The van der Waals surface area contributed by atoms with Crippen molar-refractivity contribution in [1.29, 1.82) is 0 Å². The van der Waals surface area contributed by atoms with Crippen molar-refractivity contribution in [3.05, 3.63) is 35.4 Å². The molecule has 3 nitrogen and oxygen atoms in total. The molecule has 17 heavy (non-hydrogen) atoms. The summed E-state index contributed by atoms with van der Waals surface area (Å²) in [6.07, 6.45) is 2.98. The number of benzene rings is 1. The van der Waals surface area contributed by atoms with E-state index >= 15 is 0 Å². The highest BCUT2D eigenvalue weighted by atomic mass is 16.5. The van der Waals surface area contributed by atoms with E-state index in [0.29, 0.717) is 24.2 Å². The van der Waals surface area contributed by atoms with E-state index in [9.17, 15) is 9.59 Å². The second-order valence-electron chi connectivity index (χ2n) is 3.93. The second kappa shape index (κ2) is 6.84. The van der Waals surface area contributed by atoms with E-state index in [2.05, 4.69) is 4.74 Å². The van der Waals surface area contributed by atoms with Crippen molar-refractivity contribution in [3.63, 3.8) is 0 Å². The van der Waals surface area contributed by atoms with Gasteiger partial charge < -0.3 is 4.74 Å². The van der Waals surface area contributed by atoms with Crippen molar-refractivity contribution in [2.24, 2.45) is 0 Å². The molecule has 0 aliphatic heterocycles. The molecule has 0 fully saturated rings. The van der Waals surface area contributed by atoms with Crippen molar-refractivity contribution >= 4 is 11.8 Å². The van der Waals surface area contributed by atoms with Crippen LogP contribution >= 0.6 is 0 Å². The van der Waals surface area contributed by atoms with Gasteiger partial charge in [-0.15, -0.1) is 0 Å². The molecule has 0 saturated carbocycles. The van der Waals surface area contributed by atoms with E-state index < -0.39 is 0 Å². The molecule has 0 atom stereocenters. The Bertz CT molecular complexity index is 379. The molecule has 0 radical (unpaired) electrons. The third-order valence-electron chi connectivity index (χ3n) is 2.69. The van der Waals surface area contributed by atoms with Crippen LogP contribution in [0.2, 0.25) is 0 Å². The summed E-state index contributed by atoms with van der Waals surface area (Å²) < 4.78 is 4.62. The number of carbonyl (C=O) groups is 2. The molecule has 0 amide bonds. The van der Waals surface area contributed by atoms with Crippen LogP contribution in [0.5, 0.6) is 0 Å². The van der Waals surface area contributed by atoms with Gasteiger partial charge in [0.2, 0.25) is 0 Å². The molecule has 1 aromatic carbocycles. The summed E-state index contributed by atoms with van der Waals surface area (Å²) in [5, 5.41) is 0. The number of methoxy groups -OCH3 is 1. The maximum absolute atomic E-state index is 11.2. The molecule has 0 N–H and O–H groups in total. The lowest BCUT2D eigenvalue weighted by atomic mass is 10.0. The minimum Gasteiger partial charge on any atom is -0.465 e. The Hall–Kier alpha value is -1.64. The third-order valence-corrected chi connectivity index (χ3v) is 2.69. The van der Waals surface area contributed by atoms with E-state index in [-0.39, 0.29) is 5.97 Å². The maximum atomic E-state index is 11.2. The van der Waals surface area contributed by atoms with Crippen molar-refractivity contribution in [2.45, 2.75) is 32.6 Å². The molecule has 0 aliphatic carbocycles. The van der Waals surface area contributed by atoms with E-state index in [1.165, 1.54) is 7.11 Å². The molecule has 0 spiro atoms. The van der Waals surface area contributed by atoms with Crippen LogP contribution in [-0.4, -0.2) is 18.9 Å². The predicted octanol–water partition coefficient (Wildman–Crippen LogP) is 2.78. The lowest BCUT2D eigenvalue weighted by Crippen LogP contribution is -2.01. The third kappa shape index (κ3) is 4.39. The molecule has 0 aliphatic rings. The SMILES string of the molecule is CCC(=O)CCCc1ccc(C(=O)OC)cc1. The quantitative estimate of drug-likeness (QED) is 0.711. The summed E-state index contributed by atoms with van der Waals surface area (Å²) >= 11 is 0. The largest absolute Gasteiger partial charge is 0.465 e. The standard InChI is InChI=1S/C14H18O3/c1-3-13(15)6-4-5-11-7-9-12(10-8-11)14(16)17-2/h7-10H,3-6H2,1-2H3. The van der Waals surface area contributed by atoms with Gasteiger partial charge >= 0.3 is 5.97 Å². The molecular weight excluding hydrogens is 216 g/mol. The lowest BCUT2D eigenvalue weighted by Gasteiger charge is -2.02. The highest BCUT2D eigenvalue weighted by Gasteiger charge is 2.04. The summed E-state index contributed by atoms with van der Waals surface area (Å²) in [6, 6.07) is 7.32. The van der Waals surface area contributed by atoms with Crippen LogP contribution in [0.1, 0.15) is 42.1 Å². The number of carbonyl (C=O) groups excluding carboxylic acids is 2. The summed E-state index contributed by atoms with van der Waals surface area (Å²) in [5.74, 6) is -0.0195. The van der Waals surface area contributed by atoms with Gasteiger partial charge in [-0.1, -0.05) is 19.1 Å². The Kier molecular flexibility index (Phi) is 5.40. The second-order valence-corrected chi connectivity index (χ2v) is 3.93. The predicted molar refractivity (Wildman–Crippen MR) is 66.0 cm³/mol. The van der Waals surface area contributed by atoms with Gasteiger partial charge in [-0.25, -0.2) is 4.79 Å². The zero-order valence-corrected chi connectivity index (χ0v) is 10.4. The molecule has 3 heteroatoms. The van der Waals surface area contributed by atoms with Crippen LogP contribution in [0.4, 0.5) is 0 Å². The summed E-state index contributed by atoms with van der Waals surface area (Å²) in [6.45, 7) is 1.88. The number of rotatable bonds is 6. The number of ether oxygens (including phenoxy) is 1. The van der Waals surface area contributed by atoms with Gasteiger partial charge in [-0.2, -0.15) is 0 Å². The summed E-state index contributed by atoms with van der Waals surface area (Å²) in [5.41, 5.74) is 1.70. The fourth-order valence-electron chi connectivity index (χ4n) is 1.59. The average molecular weight is 234 g/mol. The van der Waals surface area contributed by atoms with Crippen molar-refractivity contribution in [2.75, 3.05) is 7.11 Å². The van der Waals surface area contributed by atoms with Gasteiger partial charge in [0.25, 0.3) is 0 Å². The molecule has 0 heterocycles. The fraction of sp³-hybridized carbons (Fsp3) is 0.429. The van der Waals surface area contributed by atoms with Crippen LogP contribution in [0.3, 0.4) is 0 Å². The van der Waals surface area contributed by atoms with E-state index in [1.54, 1.807) is 12.1 Å². The lowest BCUT2D eigenvalue weighted by molar-refractivity contribution is -0.118. The molecule has 1 aromatic rings. The number of aryl methyl sites for hydroxylation is 1. The smallest absolute Gasteiger partial charge is 0.337 e. The molecule has 0 unspecified atom stereocenters. The molecule has 0 saturated heterocycles. The first kappa shape index (κ1) is 13.4. The van der Waals surface area contributed by atoms with Gasteiger partial charge in [0, 0.05) is 12.8 Å². The molecule has 1 rings (SSSR count). The first-order chi connectivity index (χ1) is 8.17. The van der Waals surface area contributed by atoms with Gasteiger partial charge in [-0.3, -0.25) is 4.79 Å². The Labute approximate surface area is 102 Å². The minimum absolute atomic E-state index is 0.302. The van der Waals surface area contributed by atoms with Crippen LogP contribution in [0, 0.1) is 0 Å². The number of Topliss-reactive ketones (excluding diaryl/α,β-unsaturated/α-hetero) is 1. The fourth-order valence-corrected chi connectivity index (χ4v) is 1.59. The maximum Gasteiger partial charge on any atom is 0.337 e. The highest BCUT2D eigenvalue weighted by Crippen LogP contribution is 2.09. The first-order valence-corrected chi connectivity index (χ1v) is 5.86. The zero-order chi connectivity index (χ0) is 12.7. The van der Waals surface area contributed by atoms with Gasteiger partial charge in [0.15, 0.2) is 0 Å². The van der Waals surface area contributed by atoms with Crippen molar-refractivity contribution in [1.82, 2.24) is 0 Å². The van der Waals surface area contributed by atoms with Gasteiger partial charge in [-0.05, 0) is 30.5 Å². The Morgan fingerprint density at radius 1 is 1.18 bits per heavy atom. The number of esters is 1. The minimum atomic E-state index is -0.322. The first-order valence-electron chi connectivity index (χ1n) is 5.86. The van der Waals surface area contributed by atoms with Crippen LogP contribution in [-0.2, 0) is 16.0 Å². The Morgan fingerprint density at radius 2 is 1.82 bits per heavy atom. The number of hydrogen-bond donors (Lipinski definition) is 0. The average Bonchev–Trinajstić information content (AvgIpc) is 2.38. The Morgan fingerprint density at radius 3 is 2.35 bits per heavy atom. The Balaban J connectivity index is 2.46.